The van der Waals surface area contributed by atoms with E-state index in [0.717, 1.165) is 25.9 Å². The molecule has 0 saturated carbocycles. The van der Waals surface area contributed by atoms with Crippen LogP contribution in [-0.4, -0.2) is 61.4 Å². The van der Waals surface area contributed by atoms with E-state index in [2.05, 4.69) is 5.32 Å². The predicted octanol–water partition coefficient (Wildman–Crippen LogP) is 2.23. The number of halogens is 1. The lowest BCUT2D eigenvalue weighted by Gasteiger charge is -2.27. The molecule has 1 aromatic rings. The fraction of sp³-hybridized carbons (Fsp3) is 0.529. The van der Waals surface area contributed by atoms with Crippen molar-refractivity contribution < 1.29 is 14.3 Å². The lowest BCUT2D eigenvalue weighted by Crippen LogP contribution is -2.46. The molecule has 7 heteroatoms. The maximum absolute atomic E-state index is 12.4. The summed E-state index contributed by atoms with van der Waals surface area (Å²) < 4.78 is 5.21. The van der Waals surface area contributed by atoms with Crippen LogP contribution in [0.15, 0.2) is 18.2 Å². The third-order valence-electron chi connectivity index (χ3n) is 4.26. The highest BCUT2D eigenvalue weighted by Gasteiger charge is 2.26. The third kappa shape index (κ3) is 4.61. The van der Waals surface area contributed by atoms with Crippen LogP contribution in [0.3, 0.4) is 0 Å². The summed E-state index contributed by atoms with van der Waals surface area (Å²) in [6.45, 7) is 3.55. The Morgan fingerprint density at radius 2 is 2.04 bits per heavy atom. The predicted molar refractivity (Wildman–Crippen MR) is 94.5 cm³/mol. The van der Waals surface area contributed by atoms with Crippen LogP contribution < -0.4 is 10.1 Å². The second-order valence-electron chi connectivity index (χ2n) is 6.02. The van der Waals surface area contributed by atoms with Gasteiger partial charge in [-0.1, -0.05) is 11.6 Å². The van der Waals surface area contributed by atoms with Crippen molar-refractivity contribution in [2.45, 2.75) is 25.8 Å². The molecule has 0 aromatic heterocycles. The molecule has 1 aliphatic heterocycles. The topological polar surface area (TPSA) is 61.9 Å². The number of carbonyl (C=O) groups excluding carboxylic acids is 2. The number of nitrogens with zero attached hydrogens (tertiary/aromatic N) is 2. The van der Waals surface area contributed by atoms with Crippen LogP contribution in [0.25, 0.3) is 0 Å². The smallest absolute Gasteiger partial charge is 0.239 e. The summed E-state index contributed by atoms with van der Waals surface area (Å²) in [6.07, 6.45) is 2.11. The first-order valence-electron chi connectivity index (χ1n) is 8.04. The van der Waals surface area contributed by atoms with Gasteiger partial charge in [0.05, 0.1) is 25.4 Å². The second-order valence-corrected chi connectivity index (χ2v) is 6.45. The van der Waals surface area contributed by atoms with Crippen LogP contribution in [0.2, 0.25) is 5.02 Å². The van der Waals surface area contributed by atoms with Gasteiger partial charge < -0.3 is 15.0 Å². The molecule has 2 amide bonds. The van der Waals surface area contributed by atoms with Gasteiger partial charge in [-0.15, -0.1) is 0 Å². The largest absolute Gasteiger partial charge is 0.495 e. The molecule has 1 N–H and O–H groups in total. The number of hydrogen-bond donors (Lipinski definition) is 1. The standard InChI is InChI=1S/C17H24ClN3O3/c1-12(17(23)21-8-4-5-9-21)20(2)11-16(22)19-14-10-13(18)6-7-15(14)24-3/h6-7,10,12H,4-5,8-9,11H2,1-3H3,(H,19,22)/t12-/m0/s1. The molecule has 0 unspecified atom stereocenters. The Kier molecular flexibility index (Phi) is 6.45. The van der Waals surface area contributed by atoms with Crippen LogP contribution in [0.4, 0.5) is 5.69 Å². The van der Waals surface area contributed by atoms with Crippen LogP contribution in [0.1, 0.15) is 19.8 Å². The maximum Gasteiger partial charge on any atom is 0.239 e. The van der Waals surface area contributed by atoms with E-state index in [1.807, 2.05) is 11.8 Å². The van der Waals surface area contributed by atoms with Gasteiger partial charge in [-0.2, -0.15) is 0 Å². The summed E-state index contributed by atoms with van der Waals surface area (Å²) in [7, 11) is 3.30. The van der Waals surface area contributed by atoms with Crippen molar-refractivity contribution in [3.05, 3.63) is 23.2 Å². The van der Waals surface area contributed by atoms with E-state index in [4.69, 9.17) is 16.3 Å². The van der Waals surface area contributed by atoms with Gasteiger partial charge in [0.1, 0.15) is 5.75 Å². The number of likely N-dealkylation sites (N-methyl/N-ethyl adjacent to an activating group) is 1. The first-order chi connectivity index (χ1) is 11.4. The molecule has 1 heterocycles. The summed E-state index contributed by atoms with van der Waals surface area (Å²) in [6, 6.07) is 4.69. The highest BCUT2D eigenvalue weighted by molar-refractivity contribution is 6.31. The number of rotatable bonds is 6. The van der Waals surface area contributed by atoms with Gasteiger partial charge in [0.25, 0.3) is 0 Å². The van der Waals surface area contributed by atoms with Gasteiger partial charge in [-0.05, 0) is 45.0 Å². The molecule has 1 saturated heterocycles. The van der Waals surface area contributed by atoms with E-state index in [1.54, 1.807) is 30.1 Å². The number of carbonyl (C=O) groups is 2. The van der Waals surface area contributed by atoms with Gasteiger partial charge in [0, 0.05) is 18.1 Å². The van der Waals surface area contributed by atoms with Crippen LogP contribution in [0, 0.1) is 0 Å². The molecule has 6 nitrogen and oxygen atoms in total. The van der Waals surface area contributed by atoms with Crippen molar-refractivity contribution in [1.82, 2.24) is 9.80 Å². The zero-order valence-electron chi connectivity index (χ0n) is 14.3. The number of benzene rings is 1. The van der Waals surface area contributed by atoms with Crippen LogP contribution in [-0.2, 0) is 9.59 Å². The molecule has 1 atom stereocenters. The zero-order valence-corrected chi connectivity index (χ0v) is 15.1. The Morgan fingerprint density at radius 3 is 2.67 bits per heavy atom. The van der Waals surface area contributed by atoms with Crippen molar-refractivity contribution in [3.63, 3.8) is 0 Å². The summed E-state index contributed by atoms with van der Waals surface area (Å²) in [5, 5.41) is 3.29. The fourth-order valence-electron chi connectivity index (χ4n) is 2.72. The van der Waals surface area contributed by atoms with Crippen molar-refractivity contribution >= 4 is 29.1 Å². The first kappa shape index (κ1) is 18.5. The molecule has 0 bridgehead atoms. The number of anilines is 1. The van der Waals surface area contributed by atoms with Gasteiger partial charge in [-0.3, -0.25) is 14.5 Å². The highest BCUT2D eigenvalue weighted by atomic mass is 35.5. The van der Waals surface area contributed by atoms with E-state index >= 15 is 0 Å². The minimum atomic E-state index is -0.338. The summed E-state index contributed by atoms with van der Waals surface area (Å²) in [4.78, 5) is 28.3. The van der Waals surface area contributed by atoms with E-state index in [1.165, 1.54) is 7.11 Å². The van der Waals surface area contributed by atoms with Gasteiger partial charge in [-0.25, -0.2) is 0 Å². The Morgan fingerprint density at radius 1 is 1.38 bits per heavy atom. The molecule has 0 radical (unpaired) electrons. The average Bonchev–Trinajstić information content (AvgIpc) is 3.08. The molecule has 1 aromatic carbocycles. The Balaban J connectivity index is 1.93. The zero-order chi connectivity index (χ0) is 17.7. The van der Waals surface area contributed by atoms with Crippen molar-refractivity contribution in [2.24, 2.45) is 0 Å². The summed E-state index contributed by atoms with van der Waals surface area (Å²) in [5.74, 6) is 0.388. The van der Waals surface area contributed by atoms with Crippen LogP contribution in [0.5, 0.6) is 5.75 Å². The lowest BCUT2D eigenvalue weighted by atomic mass is 10.2. The van der Waals surface area contributed by atoms with Gasteiger partial charge >= 0.3 is 0 Å². The third-order valence-corrected chi connectivity index (χ3v) is 4.50. The molecule has 2 rings (SSSR count). The van der Waals surface area contributed by atoms with Gasteiger partial charge in [0.15, 0.2) is 0 Å². The lowest BCUT2D eigenvalue weighted by molar-refractivity contribution is -0.135. The number of hydrogen-bond acceptors (Lipinski definition) is 4. The van der Waals surface area contributed by atoms with Crippen molar-refractivity contribution in [3.8, 4) is 5.75 Å². The average molecular weight is 354 g/mol. The molecule has 1 aliphatic rings. The number of methoxy groups -OCH3 is 1. The molecule has 132 valence electrons. The minimum absolute atomic E-state index is 0.0723. The number of nitrogens with one attached hydrogen (secondary N) is 1. The molecule has 1 fully saturated rings. The summed E-state index contributed by atoms with van der Waals surface area (Å²) in [5.41, 5.74) is 0.516. The van der Waals surface area contributed by atoms with Crippen molar-refractivity contribution in [1.29, 1.82) is 0 Å². The number of ether oxygens (including phenoxy) is 1. The molecule has 0 aliphatic carbocycles. The second kappa shape index (κ2) is 8.35. The highest BCUT2D eigenvalue weighted by Crippen LogP contribution is 2.27. The Hall–Kier alpha value is -1.79. The quantitative estimate of drug-likeness (QED) is 0.852. The molecule has 0 spiro atoms. The molecular weight excluding hydrogens is 330 g/mol. The first-order valence-corrected chi connectivity index (χ1v) is 8.42. The van der Waals surface area contributed by atoms with Crippen LogP contribution >= 0.6 is 11.6 Å². The summed E-state index contributed by atoms with van der Waals surface area (Å²) >= 11 is 5.96. The van der Waals surface area contributed by atoms with Gasteiger partial charge in [0.2, 0.25) is 11.8 Å². The molecule has 24 heavy (non-hydrogen) atoms. The normalized spacial score (nSPS) is 15.5. The molecular formula is C17H24ClN3O3. The minimum Gasteiger partial charge on any atom is -0.495 e. The maximum atomic E-state index is 12.4. The van der Waals surface area contributed by atoms with Crippen molar-refractivity contribution in [2.75, 3.05) is 39.1 Å². The fourth-order valence-corrected chi connectivity index (χ4v) is 2.89. The monoisotopic (exact) mass is 353 g/mol. The SMILES string of the molecule is COc1ccc(Cl)cc1NC(=O)CN(C)[C@@H](C)C(=O)N1CCCC1. The van der Waals surface area contributed by atoms with E-state index in [0.29, 0.717) is 16.5 Å². The van der Waals surface area contributed by atoms with E-state index in [9.17, 15) is 9.59 Å². The number of amides is 2. The van der Waals surface area contributed by atoms with E-state index in [-0.39, 0.29) is 24.4 Å². The Bertz CT molecular complexity index is 603. The number of likely N-dealkylation sites (tertiary alicyclic amines) is 1. The Labute approximate surface area is 147 Å². The van der Waals surface area contributed by atoms with E-state index < -0.39 is 0 Å².